The summed E-state index contributed by atoms with van der Waals surface area (Å²) in [4.78, 5) is 0. The van der Waals surface area contributed by atoms with Crippen LogP contribution in [-0.2, 0) is 11.2 Å². The van der Waals surface area contributed by atoms with Gasteiger partial charge in [-0.1, -0.05) is 0 Å². The van der Waals surface area contributed by atoms with Crippen molar-refractivity contribution in [3.8, 4) is 0 Å². The topological polar surface area (TPSA) is 21.3 Å². The Labute approximate surface area is 90.3 Å². The van der Waals surface area contributed by atoms with Crippen LogP contribution in [-0.4, -0.2) is 26.3 Å². The highest BCUT2D eigenvalue weighted by Crippen LogP contribution is 2.09. The normalized spacial score (nSPS) is 13.0. The summed E-state index contributed by atoms with van der Waals surface area (Å²) in [6.07, 6.45) is 2.29. The van der Waals surface area contributed by atoms with E-state index in [4.69, 9.17) is 4.74 Å². The van der Waals surface area contributed by atoms with Crippen LogP contribution < -0.4 is 5.32 Å². The van der Waals surface area contributed by atoms with Crippen molar-refractivity contribution in [3.63, 3.8) is 0 Å². The lowest BCUT2D eigenvalue weighted by molar-refractivity contribution is 0.122. The molecule has 0 amide bonds. The van der Waals surface area contributed by atoms with Crippen LogP contribution >= 0.6 is 11.3 Å². The molecule has 1 aromatic heterocycles. The van der Waals surface area contributed by atoms with Gasteiger partial charge >= 0.3 is 0 Å². The summed E-state index contributed by atoms with van der Waals surface area (Å²) in [7, 11) is 2.00. The average Bonchev–Trinajstić information content (AvgIpc) is 2.71. The molecule has 1 unspecified atom stereocenters. The minimum Gasteiger partial charge on any atom is -0.380 e. The second-order valence-electron chi connectivity index (χ2n) is 3.32. The summed E-state index contributed by atoms with van der Waals surface area (Å²) in [6, 6.07) is 2.67. The molecule has 0 aromatic carbocycles. The third-order valence-corrected chi connectivity index (χ3v) is 3.03. The van der Waals surface area contributed by atoms with E-state index in [1.807, 2.05) is 14.0 Å². The third-order valence-electron chi connectivity index (χ3n) is 2.29. The fourth-order valence-corrected chi connectivity index (χ4v) is 2.05. The lowest BCUT2D eigenvalue weighted by atomic mass is 10.1. The summed E-state index contributed by atoms with van der Waals surface area (Å²) in [5, 5.41) is 7.62. The molecule has 0 radical (unpaired) electrons. The standard InChI is InChI=1S/C11H19NOS/c1-3-13-8-11(12-2)5-4-10-6-7-14-9-10/h6-7,9,11-12H,3-5,8H2,1-2H3. The summed E-state index contributed by atoms with van der Waals surface area (Å²) in [5.41, 5.74) is 1.44. The number of nitrogens with one attached hydrogen (secondary N) is 1. The molecule has 1 heterocycles. The van der Waals surface area contributed by atoms with Crippen molar-refractivity contribution in [1.29, 1.82) is 0 Å². The summed E-state index contributed by atoms with van der Waals surface area (Å²) >= 11 is 1.77. The lowest BCUT2D eigenvalue weighted by Crippen LogP contribution is -2.30. The molecule has 0 saturated carbocycles. The molecule has 0 saturated heterocycles. The zero-order valence-electron chi connectivity index (χ0n) is 8.95. The Morgan fingerprint density at radius 1 is 1.57 bits per heavy atom. The molecule has 2 nitrogen and oxygen atoms in total. The van der Waals surface area contributed by atoms with Crippen molar-refractivity contribution >= 4 is 11.3 Å². The molecule has 1 N–H and O–H groups in total. The van der Waals surface area contributed by atoms with Gasteiger partial charge in [0.05, 0.1) is 6.61 Å². The molecule has 1 aromatic rings. The van der Waals surface area contributed by atoms with Crippen LogP contribution in [0.4, 0.5) is 0 Å². The fourth-order valence-electron chi connectivity index (χ4n) is 1.35. The molecule has 3 heteroatoms. The first-order valence-corrected chi connectivity index (χ1v) is 6.07. The minimum atomic E-state index is 0.481. The monoisotopic (exact) mass is 213 g/mol. The Kier molecular flexibility index (Phi) is 5.83. The Hall–Kier alpha value is -0.380. The molecule has 0 bridgehead atoms. The maximum atomic E-state index is 5.40. The molecule has 0 aliphatic carbocycles. The van der Waals surface area contributed by atoms with Gasteiger partial charge in [-0.2, -0.15) is 11.3 Å². The van der Waals surface area contributed by atoms with E-state index in [2.05, 4.69) is 22.1 Å². The van der Waals surface area contributed by atoms with Crippen LogP contribution in [0.3, 0.4) is 0 Å². The van der Waals surface area contributed by atoms with E-state index in [1.54, 1.807) is 11.3 Å². The number of thiophene rings is 1. The third kappa shape index (κ3) is 4.22. The SMILES string of the molecule is CCOCC(CCc1ccsc1)NC. The number of likely N-dealkylation sites (N-methyl/N-ethyl adjacent to an activating group) is 1. The zero-order valence-corrected chi connectivity index (χ0v) is 9.77. The fraction of sp³-hybridized carbons (Fsp3) is 0.636. The molecule has 1 rings (SSSR count). The number of aryl methyl sites for hydroxylation is 1. The smallest absolute Gasteiger partial charge is 0.0619 e. The van der Waals surface area contributed by atoms with Crippen LogP contribution in [0, 0.1) is 0 Å². The molecule has 0 spiro atoms. The molecule has 1 atom stereocenters. The number of hydrogen-bond donors (Lipinski definition) is 1. The van der Waals surface area contributed by atoms with E-state index in [1.165, 1.54) is 5.56 Å². The highest BCUT2D eigenvalue weighted by atomic mass is 32.1. The lowest BCUT2D eigenvalue weighted by Gasteiger charge is -2.15. The van der Waals surface area contributed by atoms with Crippen LogP contribution in [0.2, 0.25) is 0 Å². The summed E-state index contributed by atoms with van der Waals surface area (Å²) in [5.74, 6) is 0. The van der Waals surface area contributed by atoms with Crippen molar-refractivity contribution in [2.75, 3.05) is 20.3 Å². The van der Waals surface area contributed by atoms with Crippen molar-refractivity contribution in [1.82, 2.24) is 5.32 Å². The molecule has 0 aliphatic rings. The highest BCUT2D eigenvalue weighted by Gasteiger charge is 2.05. The van der Waals surface area contributed by atoms with Gasteiger partial charge in [0.25, 0.3) is 0 Å². The minimum absolute atomic E-state index is 0.481. The van der Waals surface area contributed by atoms with Crippen molar-refractivity contribution < 1.29 is 4.74 Å². The zero-order chi connectivity index (χ0) is 10.2. The van der Waals surface area contributed by atoms with E-state index >= 15 is 0 Å². The second-order valence-corrected chi connectivity index (χ2v) is 4.10. The van der Waals surface area contributed by atoms with Crippen molar-refractivity contribution in [2.24, 2.45) is 0 Å². The van der Waals surface area contributed by atoms with Gasteiger partial charge in [-0.05, 0) is 49.2 Å². The van der Waals surface area contributed by atoms with Gasteiger partial charge in [0, 0.05) is 12.6 Å². The summed E-state index contributed by atoms with van der Waals surface area (Å²) in [6.45, 7) is 3.65. The van der Waals surface area contributed by atoms with Gasteiger partial charge in [0.1, 0.15) is 0 Å². The van der Waals surface area contributed by atoms with Crippen molar-refractivity contribution in [3.05, 3.63) is 22.4 Å². The predicted molar refractivity (Wildman–Crippen MR) is 62.0 cm³/mol. The summed E-state index contributed by atoms with van der Waals surface area (Å²) < 4.78 is 5.40. The Morgan fingerprint density at radius 3 is 3.00 bits per heavy atom. The highest BCUT2D eigenvalue weighted by molar-refractivity contribution is 7.07. The Morgan fingerprint density at radius 2 is 2.43 bits per heavy atom. The number of ether oxygens (including phenoxy) is 1. The first-order valence-electron chi connectivity index (χ1n) is 5.13. The van der Waals surface area contributed by atoms with Gasteiger partial charge in [0.15, 0.2) is 0 Å². The average molecular weight is 213 g/mol. The van der Waals surface area contributed by atoms with Gasteiger partial charge in [0.2, 0.25) is 0 Å². The Balaban J connectivity index is 2.20. The van der Waals surface area contributed by atoms with Gasteiger partial charge < -0.3 is 10.1 Å². The van der Waals surface area contributed by atoms with Crippen LogP contribution in [0.5, 0.6) is 0 Å². The first kappa shape index (κ1) is 11.7. The van der Waals surface area contributed by atoms with Crippen molar-refractivity contribution in [2.45, 2.75) is 25.8 Å². The van der Waals surface area contributed by atoms with Crippen LogP contribution in [0.25, 0.3) is 0 Å². The maximum absolute atomic E-state index is 5.40. The van der Waals surface area contributed by atoms with Gasteiger partial charge in [-0.3, -0.25) is 0 Å². The Bertz CT molecular complexity index is 223. The van der Waals surface area contributed by atoms with E-state index in [-0.39, 0.29) is 0 Å². The quantitative estimate of drug-likeness (QED) is 0.750. The molecule has 0 fully saturated rings. The number of rotatable bonds is 7. The van der Waals surface area contributed by atoms with Crippen LogP contribution in [0.15, 0.2) is 16.8 Å². The second kappa shape index (κ2) is 6.98. The van der Waals surface area contributed by atoms with E-state index in [0.29, 0.717) is 6.04 Å². The van der Waals surface area contributed by atoms with E-state index in [0.717, 1.165) is 26.1 Å². The number of hydrogen-bond acceptors (Lipinski definition) is 3. The maximum Gasteiger partial charge on any atom is 0.0619 e. The van der Waals surface area contributed by atoms with E-state index < -0.39 is 0 Å². The van der Waals surface area contributed by atoms with Gasteiger partial charge in [-0.25, -0.2) is 0 Å². The molecule has 14 heavy (non-hydrogen) atoms. The van der Waals surface area contributed by atoms with E-state index in [9.17, 15) is 0 Å². The predicted octanol–water partition coefficient (Wildman–Crippen LogP) is 2.31. The molecule has 0 aliphatic heterocycles. The molecular weight excluding hydrogens is 194 g/mol. The van der Waals surface area contributed by atoms with Crippen LogP contribution in [0.1, 0.15) is 18.9 Å². The largest absolute Gasteiger partial charge is 0.380 e. The molecule has 80 valence electrons. The molecular formula is C11H19NOS. The van der Waals surface area contributed by atoms with Gasteiger partial charge in [-0.15, -0.1) is 0 Å². The first-order chi connectivity index (χ1) is 6.86.